The topological polar surface area (TPSA) is 71.1 Å². The quantitative estimate of drug-likeness (QED) is 0.678. The van der Waals surface area contributed by atoms with Crippen LogP contribution in [0.4, 0.5) is 0 Å². The Hall–Kier alpha value is -1.18. The van der Waals surface area contributed by atoms with Gasteiger partial charge in [0.25, 0.3) is 0 Å². The molecule has 3 aliphatic rings. The SMILES string of the molecule is COCCNC(=O)[C@@H]1COC2(CN(C(=O)[C@@H]3C[C@@H]3C)C2)CN1C. The Bertz CT molecular complexity index is 478. The lowest BCUT2D eigenvalue weighted by atomic mass is 9.90. The number of likely N-dealkylation sites (tertiary alicyclic amines) is 1. The number of methoxy groups -OCH3 is 1. The molecule has 0 unspecified atom stereocenters. The van der Waals surface area contributed by atoms with E-state index in [1.54, 1.807) is 7.11 Å². The van der Waals surface area contributed by atoms with Crippen LogP contribution in [-0.2, 0) is 19.1 Å². The highest BCUT2D eigenvalue weighted by atomic mass is 16.5. The van der Waals surface area contributed by atoms with Gasteiger partial charge in [-0.05, 0) is 19.4 Å². The molecule has 0 bridgehead atoms. The molecule has 2 amide bonds. The summed E-state index contributed by atoms with van der Waals surface area (Å²) in [7, 11) is 3.55. The van der Waals surface area contributed by atoms with Gasteiger partial charge < -0.3 is 19.7 Å². The second-order valence-electron chi connectivity index (χ2n) is 7.22. The number of rotatable bonds is 5. The van der Waals surface area contributed by atoms with E-state index in [-0.39, 0.29) is 29.4 Å². The number of ether oxygens (including phenoxy) is 2. The molecule has 130 valence electrons. The average molecular weight is 325 g/mol. The predicted octanol–water partition coefficient (Wildman–Crippen LogP) is -0.683. The van der Waals surface area contributed by atoms with Crippen molar-refractivity contribution in [2.75, 3.05) is 53.6 Å². The third kappa shape index (κ3) is 3.36. The monoisotopic (exact) mass is 325 g/mol. The Morgan fingerprint density at radius 3 is 2.61 bits per heavy atom. The van der Waals surface area contributed by atoms with Crippen LogP contribution in [0, 0.1) is 11.8 Å². The smallest absolute Gasteiger partial charge is 0.239 e. The number of morpholine rings is 1. The Labute approximate surface area is 137 Å². The highest BCUT2D eigenvalue weighted by Crippen LogP contribution is 2.42. The largest absolute Gasteiger partial charge is 0.383 e. The molecule has 0 aromatic heterocycles. The van der Waals surface area contributed by atoms with E-state index in [2.05, 4.69) is 12.2 Å². The first-order valence-electron chi connectivity index (χ1n) is 8.35. The maximum Gasteiger partial charge on any atom is 0.239 e. The number of hydrogen-bond acceptors (Lipinski definition) is 5. The average Bonchev–Trinajstić information content (AvgIpc) is 3.21. The zero-order valence-electron chi connectivity index (χ0n) is 14.2. The number of likely N-dealkylation sites (N-methyl/N-ethyl adjacent to an activating group) is 1. The van der Waals surface area contributed by atoms with Crippen LogP contribution in [0.2, 0.25) is 0 Å². The molecule has 1 aliphatic carbocycles. The fourth-order valence-electron chi connectivity index (χ4n) is 3.56. The molecule has 7 heteroatoms. The van der Waals surface area contributed by atoms with Crippen molar-refractivity contribution in [3.05, 3.63) is 0 Å². The maximum atomic E-state index is 12.2. The molecule has 0 radical (unpaired) electrons. The van der Waals surface area contributed by atoms with Gasteiger partial charge in [-0.1, -0.05) is 6.92 Å². The predicted molar refractivity (Wildman–Crippen MR) is 83.8 cm³/mol. The fourth-order valence-corrected chi connectivity index (χ4v) is 3.56. The number of nitrogens with one attached hydrogen (secondary N) is 1. The van der Waals surface area contributed by atoms with Crippen molar-refractivity contribution >= 4 is 11.8 Å². The highest BCUT2D eigenvalue weighted by molar-refractivity contribution is 5.83. The van der Waals surface area contributed by atoms with Crippen LogP contribution in [0.25, 0.3) is 0 Å². The summed E-state index contributed by atoms with van der Waals surface area (Å²) in [6.45, 7) is 5.48. The first-order valence-corrected chi connectivity index (χ1v) is 8.35. The van der Waals surface area contributed by atoms with Crippen molar-refractivity contribution < 1.29 is 19.1 Å². The van der Waals surface area contributed by atoms with Crippen LogP contribution in [0.3, 0.4) is 0 Å². The van der Waals surface area contributed by atoms with E-state index in [0.717, 1.165) is 6.42 Å². The summed E-state index contributed by atoms with van der Waals surface area (Å²) in [5.41, 5.74) is -0.286. The van der Waals surface area contributed by atoms with Gasteiger partial charge in [0.2, 0.25) is 11.8 Å². The van der Waals surface area contributed by atoms with Gasteiger partial charge in [0.1, 0.15) is 11.6 Å². The number of carbonyl (C=O) groups is 2. The Kier molecular flexibility index (Phi) is 4.62. The maximum absolute atomic E-state index is 12.2. The minimum atomic E-state index is -0.286. The van der Waals surface area contributed by atoms with Crippen molar-refractivity contribution in [3.63, 3.8) is 0 Å². The van der Waals surface area contributed by atoms with Gasteiger partial charge in [-0.3, -0.25) is 14.5 Å². The number of carbonyl (C=O) groups excluding carboxylic acids is 2. The van der Waals surface area contributed by atoms with Crippen molar-refractivity contribution in [1.82, 2.24) is 15.1 Å². The summed E-state index contributed by atoms with van der Waals surface area (Å²) in [6.07, 6.45) is 1.02. The van der Waals surface area contributed by atoms with Crippen LogP contribution in [0.1, 0.15) is 13.3 Å². The van der Waals surface area contributed by atoms with Crippen LogP contribution < -0.4 is 5.32 Å². The molecule has 1 N–H and O–H groups in total. The second kappa shape index (κ2) is 6.37. The summed E-state index contributed by atoms with van der Waals surface area (Å²) in [4.78, 5) is 28.3. The lowest BCUT2D eigenvalue weighted by molar-refractivity contribution is -0.201. The fraction of sp³-hybridized carbons (Fsp3) is 0.875. The minimum absolute atomic E-state index is 0.0292. The van der Waals surface area contributed by atoms with Gasteiger partial charge in [-0.25, -0.2) is 0 Å². The van der Waals surface area contributed by atoms with Crippen LogP contribution in [-0.4, -0.2) is 86.8 Å². The van der Waals surface area contributed by atoms with E-state index >= 15 is 0 Å². The first-order chi connectivity index (χ1) is 11.0. The van der Waals surface area contributed by atoms with E-state index < -0.39 is 0 Å². The first kappa shape index (κ1) is 16.7. The molecular weight excluding hydrogens is 298 g/mol. The zero-order chi connectivity index (χ0) is 16.6. The molecule has 2 aliphatic heterocycles. The van der Waals surface area contributed by atoms with Gasteiger partial charge >= 0.3 is 0 Å². The molecule has 2 heterocycles. The van der Waals surface area contributed by atoms with Gasteiger partial charge in [0.15, 0.2) is 0 Å². The zero-order valence-corrected chi connectivity index (χ0v) is 14.2. The third-order valence-corrected chi connectivity index (χ3v) is 5.22. The van der Waals surface area contributed by atoms with E-state index in [9.17, 15) is 9.59 Å². The summed E-state index contributed by atoms with van der Waals surface area (Å²) < 4.78 is 10.9. The second-order valence-corrected chi connectivity index (χ2v) is 7.22. The molecule has 3 fully saturated rings. The Morgan fingerprint density at radius 2 is 2.04 bits per heavy atom. The summed E-state index contributed by atoms with van der Waals surface area (Å²) in [5, 5.41) is 2.85. The summed E-state index contributed by atoms with van der Waals surface area (Å²) in [6, 6.07) is -0.273. The molecule has 0 aromatic carbocycles. The van der Waals surface area contributed by atoms with Crippen molar-refractivity contribution in [1.29, 1.82) is 0 Å². The van der Waals surface area contributed by atoms with Gasteiger partial charge in [0.05, 0.1) is 26.3 Å². The summed E-state index contributed by atoms with van der Waals surface area (Å²) in [5.74, 6) is 1.01. The van der Waals surface area contributed by atoms with Gasteiger partial charge in [-0.2, -0.15) is 0 Å². The number of nitrogens with zero attached hydrogens (tertiary/aromatic N) is 2. The lowest BCUT2D eigenvalue weighted by Crippen LogP contribution is -2.73. The normalized spacial score (nSPS) is 32.5. The van der Waals surface area contributed by atoms with Crippen LogP contribution >= 0.6 is 0 Å². The molecule has 3 rings (SSSR count). The van der Waals surface area contributed by atoms with Crippen molar-refractivity contribution in [2.24, 2.45) is 11.8 Å². The molecule has 0 aromatic rings. The Balaban J connectivity index is 1.46. The van der Waals surface area contributed by atoms with Gasteiger partial charge in [0, 0.05) is 26.1 Å². The lowest BCUT2D eigenvalue weighted by Gasteiger charge is -2.54. The van der Waals surface area contributed by atoms with Crippen molar-refractivity contribution in [3.8, 4) is 0 Å². The van der Waals surface area contributed by atoms with E-state index in [4.69, 9.17) is 9.47 Å². The van der Waals surface area contributed by atoms with Crippen LogP contribution in [0.5, 0.6) is 0 Å². The van der Waals surface area contributed by atoms with E-state index in [1.807, 2.05) is 16.8 Å². The third-order valence-electron chi connectivity index (χ3n) is 5.22. The molecule has 2 saturated heterocycles. The number of amides is 2. The molecule has 1 spiro atoms. The molecular formula is C16H27N3O4. The standard InChI is InChI=1S/C16H27N3O4/c1-11-6-12(11)15(21)19-9-16(10-19)8-18(2)13(7-23-16)14(20)17-4-5-22-3/h11-13H,4-10H2,1-3H3,(H,17,20)/t11-,12+,13-/m0/s1. The molecule has 1 saturated carbocycles. The van der Waals surface area contributed by atoms with Crippen molar-refractivity contribution in [2.45, 2.75) is 25.0 Å². The molecule has 7 nitrogen and oxygen atoms in total. The van der Waals surface area contributed by atoms with E-state index in [0.29, 0.717) is 45.3 Å². The summed E-state index contributed by atoms with van der Waals surface area (Å²) >= 11 is 0. The Morgan fingerprint density at radius 1 is 1.35 bits per heavy atom. The molecule has 3 atom stereocenters. The minimum Gasteiger partial charge on any atom is -0.383 e. The number of hydrogen-bond donors (Lipinski definition) is 1. The van der Waals surface area contributed by atoms with Crippen LogP contribution in [0.15, 0.2) is 0 Å². The highest BCUT2D eigenvalue weighted by Gasteiger charge is 2.54. The molecule has 23 heavy (non-hydrogen) atoms. The van der Waals surface area contributed by atoms with E-state index in [1.165, 1.54) is 0 Å². The van der Waals surface area contributed by atoms with Gasteiger partial charge in [-0.15, -0.1) is 0 Å².